The molecular weight excluding hydrogens is 400 g/mol. The third kappa shape index (κ3) is 5.55. The number of aliphatic hydroxyl groups excluding tert-OH is 1. The quantitative estimate of drug-likeness (QED) is 0.563. The van der Waals surface area contributed by atoms with Crippen LogP contribution >= 0.6 is 0 Å². The fraction of sp³-hybridized carbons (Fsp3) is 0.304. The molecule has 1 amide bonds. The van der Waals surface area contributed by atoms with Crippen molar-refractivity contribution in [2.75, 3.05) is 38.7 Å². The molecule has 0 aliphatic carbocycles. The van der Waals surface area contributed by atoms with Crippen LogP contribution < -0.4 is 14.8 Å². The lowest BCUT2D eigenvalue weighted by Crippen LogP contribution is -2.31. The van der Waals surface area contributed by atoms with Gasteiger partial charge in [0, 0.05) is 12.2 Å². The minimum atomic E-state index is -0.578. The highest BCUT2D eigenvalue weighted by Crippen LogP contribution is 2.24. The molecule has 0 aromatic heterocycles. The van der Waals surface area contributed by atoms with Crippen LogP contribution in [0.4, 0.5) is 5.69 Å². The fourth-order valence-corrected chi connectivity index (χ4v) is 3.20. The van der Waals surface area contributed by atoms with Gasteiger partial charge in [-0.2, -0.15) is 0 Å². The van der Waals surface area contributed by atoms with Gasteiger partial charge in [-0.3, -0.25) is 4.79 Å². The van der Waals surface area contributed by atoms with E-state index in [1.807, 2.05) is 49.4 Å². The van der Waals surface area contributed by atoms with Gasteiger partial charge in [0.25, 0.3) is 5.91 Å². The molecule has 3 rings (SSSR count). The molecule has 0 bridgehead atoms. The minimum Gasteiger partial charge on any atom is -0.494 e. The highest BCUT2D eigenvalue weighted by Gasteiger charge is 2.34. The molecule has 2 N–H and O–H groups in total. The van der Waals surface area contributed by atoms with Gasteiger partial charge in [-0.05, 0) is 48.9 Å². The van der Waals surface area contributed by atoms with Gasteiger partial charge in [0.05, 0.1) is 32.4 Å². The van der Waals surface area contributed by atoms with E-state index in [1.54, 1.807) is 6.07 Å². The maximum absolute atomic E-state index is 12.7. The molecule has 0 fully saturated rings. The molecule has 0 spiro atoms. The van der Waals surface area contributed by atoms with E-state index in [1.165, 1.54) is 12.0 Å². The molecule has 31 heavy (non-hydrogen) atoms. The SMILES string of the molecule is CCOc1ccc(OCc2cccc(NC3=C(C(=O)OC)CN(CCO)C3=O)c2)cc1. The molecule has 8 heteroatoms. The monoisotopic (exact) mass is 426 g/mol. The number of carbonyl (C=O) groups is 2. The predicted molar refractivity (Wildman–Crippen MR) is 115 cm³/mol. The van der Waals surface area contributed by atoms with Crippen molar-refractivity contribution in [2.24, 2.45) is 0 Å². The number of amides is 1. The van der Waals surface area contributed by atoms with Crippen LogP contribution in [-0.2, 0) is 20.9 Å². The first kappa shape index (κ1) is 22.2. The Morgan fingerprint density at radius 2 is 1.84 bits per heavy atom. The number of hydrogen-bond acceptors (Lipinski definition) is 7. The van der Waals surface area contributed by atoms with E-state index < -0.39 is 5.97 Å². The zero-order valence-corrected chi connectivity index (χ0v) is 17.6. The Balaban J connectivity index is 1.70. The van der Waals surface area contributed by atoms with Gasteiger partial charge in [-0.1, -0.05) is 12.1 Å². The zero-order chi connectivity index (χ0) is 22.2. The second kappa shape index (κ2) is 10.5. The predicted octanol–water partition coefficient (Wildman–Crippen LogP) is 2.34. The molecule has 0 unspecified atom stereocenters. The van der Waals surface area contributed by atoms with Crippen LogP contribution in [0.25, 0.3) is 0 Å². The molecule has 0 saturated carbocycles. The van der Waals surface area contributed by atoms with Crippen molar-refractivity contribution in [1.29, 1.82) is 0 Å². The number of benzene rings is 2. The molecule has 8 nitrogen and oxygen atoms in total. The number of methoxy groups -OCH3 is 1. The summed E-state index contributed by atoms with van der Waals surface area (Å²) >= 11 is 0. The molecule has 1 aliphatic heterocycles. The number of carbonyl (C=O) groups excluding carboxylic acids is 2. The third-order valence-corrected chi connectivity index (χ3v) is 4.69. The smallest absolute Gasteiger partial charge is 0.337 e. The highest BCUT2D eigenvalue weighted by atomic mass is 16.5. The second-order valence-electron chi connectivity index (χ2n) is 6.81. The van der Waals surface area contributed by atoms with E-state index in [0.717, 1.165) is 11.3 Å². The van der Waals surface area contributed by atoms with Crippen LogP contribution in [-0.4, -0.2) is 55.3 Å². The van der Waals surface area contributed by atoms with Gasteiger partial charge in [0.2, 0.25) is 0 Å². The molecule has 2 aromatic carbocycles. The van der Waals surface area contributed by atoms with Crippen LogP contribution in [0.3, 0.4) is 0 Å². The number of ether oxygens (including phenoxy) is 3. The molecule has 0 radical (unpaired) electrons. The van der Waals surface area contributed by atoms with E-state index in [2.05, 4.69) is 5.32 Å². The lowest BCUT2D eigenvalue weighted by molar-refractivity contribution is -0.136. The van der Waals surface area contributed by atoms with Crippen LogP contribution in [0.5, 0.6) is 11.5 Å². The Hall–Kier alpha value is -3.52. The number of nitrogens with zero attached hydrogens (tertiary/aromatic N) is 1. The Labute approximate surface area is 181 Å². The van der Waals surface area contributed by atoms with Gasteiger partial charge in [-0.25, -0.2) is 4.79 Å². The average molecular weight is 426 g/mol. The number of anilines is 1. The lowest BCUT2D eigenvalue weighted by atomic mass is 10.2. The largest absolute Gasteiger partial charge is 0.494 e. The molecule has 0 saturated heterocycles. The van der Waals surface area contributed by atoms with Crippen molar-refractivity contribution >= 4 is 17.6 Å². The first-order chi connectivity index (χ1) is 15.0. The van der Waals surface area contributed by atoms with E-state index in [0.29, 0.717) is 24.7 Å². The fourth-order valence-electron chi connectivity index (χ4n) is 3.20. The maximum Gasteiger partial charge on any atom is 0.337 e. The van der Waals surface area contributed by atoms with Crippen molar-refractivity contribution in [1.82, 2.24) is 4.90 Å². The number of hydrogen-bond donors (Lipinski definition) is 2. The number of aliphatic hydroxyl groups is 1. The van der Waals surface area contributed by atoms with Gasteiger partial charge >= 0.3 is 5.97 Å². The van der Waals surface area contributed by atoms with Crippen molar-refractivity contribution in [3.05, 3.63) is 65.4 Å². The number of rotatable bonds is 10. The Bertz CT molecular complexity index is 955. The highest BCUT2D eigenvalue weighted by molar-refractivity contribution is 6.08. The first-order valence-corrected chi connectivity index (χ1v) is 9.99. The summed E-state index contributed by atoms with van der Waals surface area (Å²) in [5, 5.41) is 12.2. The summed E-state index contributed by atoms with van der Waals surface area (Å²) in [7, 11) is 1.27. The Morgan fingerprint density at radius 1 is 1.13 bits per heavy atom. The normalized spacial score (nSPS) is 13.4. The average Bonchev–Trinajstić information content (AvgIpc) is 3.09. The van der Waals surface area contributed by atoms with E-state index in [9.17, 15) is 9.59 Å². The summed E-state index contributed by atoms with van der Waals surface area (Å²) in [6.45, 7) is 2.91. The molecular formula is C23H26N2O6. The van der Waals surface area contributed by atoms with Crippen LogP contribution in [0.15, 0.2) is 59.8 Å². The first-order valence-electron chi connectivity index (χ1n) is 9.99. The van der Waals surface area contributed by atoms with Crippen LogP contribution in [0.1, 0.15) is 12.5 Å². The number of nitrogens with one attached hydrogen (secondary N) is 1. The summed E-state index contributed by atoms with van der Waals surface area (Å²) in [6, 6.07) is 14.8. The van der Waals surface area contributed by atoms with Gasteiger partial charge in [0.15, 0.2) is 0 Å². The van der Waals surface area contributed by atoms with Gasteiger partial charge in [0.1, 0.15) is 23.8 Å². The van der Waals surface area contributed by atoms with Crippen molar-refractivity contribution in [3.63, 3.8) is 0 Å². The Morgan fingerprint density at radius 3 is 2.48 bits per heavy atom. The van der Waals surface area contributed by atoms with E-state index in [4.69, 9.17) is 19.3 Å². The molecule has 2 aromatic rings. The van der Waals surface area contributed by atoms with E-state index >= 15 is 0 Å². The zero-order valence-electron chi connectivity index (χ0n) is 17.6. The van der Waals surface area contributed by atoms with Crippen molar-refractivity contribution < 1.29 is 28.9 Å². The maximum atomic E-state index is 12.7. The summed E-state index contributed by atoms with van der Waals surface area (Å²) in [6.07, 6.45) is 0. The molecule has 1 heterocycles. The molecule has 164 valence electrons. The third-order valence-electron chi connectivity index (χ3n) is 4.69. The summed E-state index contributed by atoms with van der Waals surface area (Å²) in [5.74, 6) is 0.562. The summed E-state index contributed by atoms with van der Waals surface area (Å²) in [4.78, 5) is 26.2. The number of β-amino-alcohol motifs (C(OH)–C–C–N with tert-alkyl or cyclic N) is 1. The summed E-state index contributed by atoms with van der Waals surface area (Å²) in [5.41, 5.74) is 1.92. The van der Waals surface area contributed by atoms with Crippen molar-refractivity contribution in [3.8, 4) is 11.5 Å². The van der Waals surface area contributed by atoms with Crippen molar-refractivity contribution in [2.45, 2.75) is 13.5 Å². The molecule has 1 aliphatic rings. The van der Waals surface area contributed by atoms with Crippen LogP contribution in [0.2, 0.25) is 0 Å². The van der Waals surface area contributed by atoms with Gasteiger partial charge in [-0.15, -0.1) is 0 Å². The topological polar surface area (TPSA) is 97.3 Å². The van der Waals surface area contributed by atoms with Gasteiger partial charge < -0.3 is 29.5 Å². The second-order valence-corrected chi connectivity index (χ2v) is 6.81. The molecule has 0 atom stereocenters. The summed E-state index contributed by atoms with van der Waals surface area (Å²) < 4.78 is 16.1. The Kier molecular flexibility index (Phi) is 7.50. The number of esters is 1. The lowest BCUT2D eigenvalue weighted by Gasteiger charge is -2.15. The standard InChI is InChI=1S/C23H26N2O6/c1-3-30-18-7-9-19(10-8-18)31-15-16-5-4-6-17(13-16)24-21-20(23(28)29-2)14-25(11-12-26)22(21)27/h4-10,13,24,26H,3,11-12,14-15H2,1-2H3. The van der Waals surface area contributed by atoms with E-state index in [-0.39, 0.29) is 36.9 Å². The minimum absolute atomic E-state index is 0.0922. The van der Waals surface area contributed by atoms with Crippen LogP contribution in [0, 0.1) is 0 Å².